The van der Waals surface area contributed by atoms with Crippen LogP contribution in [0.15, 0.2) is 24.5 Å². The molecule has 1 N–H and O–H groups in total. The van der Waals surface area contributed by atoms with Crippen LogP contribution in [-0.2, 0) is 4.79 Å². The number of halogens is 2. The number of carbonyl (C=O) groups excluding carboxylic acids is 1. The molecule has 1 aromatic carbocycles. The fourth-order valence-electron chi connectivity index (χ4n) is 3.91. The van der Waals surface area contributed by atoms with Crippen molar-refractivity contribution in [2.45, 2.75) is 32.4 Å². The van der Waals surface area contributed by atoms with Crippen LogP contribution >= 0.6 is 0 Å². The Labute approximate surface area is 156 Å². The molecule has 2 aromatic rings. The van der Waals surface area contributed by atoms with E-state index in [9.17, 15) is 13.6 Å². The second kappa shape index (κ2) is 6.84. The van der Waals surface area contributed by atoms with Crippen molar-refractivity contribution in [3.8, 4) is 0 Å². The van der Waals surface area contributed by atoms with Crippen LogP contribution in [-0.4, -0.2) is 52.5 Å². The summed E-state index contributed by atoms with van der Waals surface area (Å²) < 4.78 is 26.7. The molecule has 27 heavy (non-hydrogen) atoms. The third-order valence-electron chi connectivity index (χ3n) is 5.48. The first-order chi connectivity index (χ1) is 12.9. The van der Waals surface area contributed by atoms with Crippen molar-refractivity contribution >= 4 is 17.4 Å². The zero-order chi connectivity index (χ0) is 19.1. The lowest BCUT2D eigenvalue weighted by Gasteiger charge is -2.56. The number of hydrogen-bond donors (Lipinski definition) is 1. The van der Waals surface area contributed by atoms with Crippen LogP contribution < -0.4 is 10.2 Å². The maximum Gasteiger partial charge on any atom is 0.238 e. The van der Waals surface area contributed by atoms with Crippen molar-refractivity contribution < 1.29 is 13.6 Å². The zero-order valence-electron chi connectivity index (χ0n) is 15.2. The number of amides is 1. The fourth-order valence-corrected chi connectivity index (χ4v) is 3.91. The van der Waals surface area contributed by atoms with Gasteiger partial charge in [-0.3, -0.25) is 9.69 Å². The van der Waals surface area contributed by atoms with Crippen LogP contribution in [0, 0.1) is 25.5 Å². The molecular formula is C19H21F2N5O. The van der Waals surface area contributed by atoms with Crippen molar-refractivity contribution in [3.05, 3.63) is 47.4 Å². The Morgan fingerprint density at radius 1 is 1.22 bits per heavy atom. The summed E-state index contributed by atoms with van der Waals surface area (Å²) in [4.78, 5) is 25.3. The third kappa shape index (κ3) is 3.37. The summed E-state index contributed by atoms with van der Waals surface area (Å²) >= 11 is 0. The molecule has 0 aliphatic carbocycles. The third-order valence-corrected chi connectivity index (χ3v) is 5.48. The standard InChI is InChI=1S/C19H21F2N5O/c1-11-12(2)22-10-23-19(11)25-7-14-6-15(8-25)26(14)9-18(27)24-17-4-3-13(20)5-16(17)21/h3-5,10,14-15H,6-9H2,1-2H3,(H,24,27). The maximum absolute atomic E-state index is 13.7. The number of aromatic nitrogens is 2. The van der Waals surface area contributed by atoms with Crippen LogP contribution in [0.2, 0.25) is 0 Å². The van der Waals surface area contributed by atoms with E-state index in [2.05, 4.69) is 25.1 Å². The van der Waals surface area contributed by atoms with Gasteiger partial charge in [0.15, 0.2) is 0 Å². The van der Waals surface area contributed by atoms with Gasteiger partial charge in [-0.05, 0) is 32.4 Å². The normalized spacial score (nSPS) is 21.7. The van der Waals surface area contributed by atoms with Gasteiger partial charge in [-0.25, -0.2) is 18.7 Å². The van der Waals surface area contributed by atoms with Gasteiger partial charge in [-0.2, -0.15) is 0 Å². The molecule has 1 aromatic heterocycles. The molecule has 3 saturated heterocycles. The van der Waals surface area contributed by atoms with E-state index >= 15 is 0 Å². The van der Waals surface area contributed by atoms with E-state index in [1.54, 1.807) is 6.33 Å². The van der Waals surface area contributed by atoms with Crippen LogP contribution in [0.4, 0.5) is 20.3 Å². The molecule has 3 aliphatic rings. The van der Waals surface area contributed by atoms with E-state index in [4.69, 9.17) is 0 Å². The van der Waals surface area contributed by atoms with Gasteiger partial charge >= 0.3 is 0 Å². The molecule has 2 unspecified atom stereocenters. The summed E-state index contributed by atoms with van der Waals surface area (Å²) in [6.45, 7) is 5.78. The van der Waals surface area contributed by atoms with Gasteiger partial charge in [0.25, 0.3) is 0 Å². The molecular weight excluding hydrogens is 352 g/mol. The fraction of sp³-hybridized carbons (Fsp3) is 0.421. The molecule has 2 atom stereocenters. The number of piperidine rings is 1. The first-order valence-corrected chi connectivity index (χ1v) is 8.96. The number of carbonyl (C=O) groups is 1. The highest BCUT2D eigenvalue weighted by Crippen LogP contribution is 2.34. The van der Waals surface area contributed by atoms with E-state index in [1.165, 1.54) is 6.07 Å². The number of nitrogens with one attached hydrogen (secondary N) is 1. The van der Waals surface area contributed by atoms with Crippen molar-refractivity contribution in [3.63, 3.8) is 0 Å². The van der Waals surface area contributed by atoms with Gasteiger partial charge in [0, 0.05) is 42.5 Å². The Balaban J connectivity index is 1.37. The van der Waals surface area contributed by atoms with E-state index in [0.29, 0.717) is 0 Å². The second-order valence-corrected chi connectivity index (χ2v) is 7.20. The molecule has 6 nitrogen and oxygen atoms in total. The molecule has 0 radical (unpaired) electrons. The van der Waals surface area contributed by atoms with E-state index in [-0.39, 0.29) is 30.2 Å². The van der Waals surface area contributed by atoms with Gasteiger partial charge in [-0.15, -0.1) is 0 Å². The first-order valence-electron chi connectivity index (χ1n) is 8.96. The lowest BCUT2D eigenvalue weighted by Crippen LogP contribution is -2.70. The number of rotatable bonds is 4. The number of nitrogens with zero attached hydrogens (tertiary/aromatic N) is 4. The van der Waals surface area contributed by atoms with Crippen LogP contribution in [0.5, 0.6) is 0 Å². The average Bonchev–Trinajstić information content (AvgIpc) is 2.64. The van der Waals surface area contributed by atoms with Crippen molar-refractivity contribution in [2.75, 3.05) is 29.9 Å². The van der Waals surface area contributed by atoms with Gasteiger partial charge in [0.1, 0.15) is 23.8 Å². The lowest BCUT2D eigenvalue weighted by atomic mass is 9.87. The summed E-state index contributed by atoms with van der Waals surface area (Å²) in [5, 5.41) is 2.53. The number of piperazine rings is 1. The molecule has 3 fully saturated rings. The Bertz CT molecular complexity index is 878. The van der Waals surface area contributed by atoms with E-state index in [1.807, 2.05) is 13.8 Å². The molecule has 0 saturated carbocycles. The minimum atomic E-state index is -0.770. The topological polar surface area (TPSA) is 61.4 Å². The Morgan fingerprint density at radius 2 is 1.96 bits per heavy atom. The summed E-state index contributed by atoms with van der Waals surface area (Å²) in [6, 6.07) is 3.66. The predicted molar refractivity (Wildman–Crippen MR) is 97.6 cm³/mol. The Morgan fingerprint density at radius 3 is 2.67 bits per heavy atom. The van der Waals surface area contributed by atoms with Crippen LogP contribution in [0.25, 0.3) is 0 Å². The van der Waals surface area contributed by atoms with E-state index < -0.39 is 11.6 Å². The number of aryl methyl sites for hydroxylation is 1. The minimum Gasteiger partial charge on any atom is -0.353 e. The lowest BCUT2D eigenvalue weighted by molar-refractivity contribution is -0.121. The molecule has 8 heteroatoms. The zero-order valence-corrected chi connectivity index (χ0v) is 15.2. The van der Waals surface area contributed by atoms with Gasteiger partial charge in [0.05, 0.1) is 12.2 Å². The van der Waals surface area contributed by atoms with Crippen LogP contribution in [0.1, 0.15) is 17.7 Å². The Kier molecular flexibility index (Phi) is 4.51. The monoisotopic (exact) mass is 373 g/mol. The number of anilines is 2. The van der Waals surface area contributed by atoms with Crippen molar-refractivity contribution in [1.29, 1.82) is 0 Å². The number of fused-ring (bicyclic) bond motifs is 2. The second-order valence-electron chi connectivity index (χ2n) is 7.20. The summed E-state index contributed by atoms with van der Waals surface area (Å²) in [6.07, 6.45) is 2.62. The summed E-state index contributed by atoms with van der Waals surface area (Å²) in [7, 11) is 0. The van der Waals surface area contributed by atoms with Crippen molar-refractivity contribution in [1.82, 2.24) is 14.9 Å². The highest BCUT2D eigenvalue weighted by Gasteiger charge is 2.45. The number of benzene rings is 1. The van der Waals surface area contributed by atoms with Crippen molar-refractivity contribution in [2.24, 2.45) is 0 Å². The highest BCUT2D eigenvalue weighted by molar-refractivity contribution is 5.92. The minimum absolute atomic E-state index is 0.000736. The molecule has 142 valence electrons. The average molecular weight is 373 g/mol. The van der Waals surface area contributed by atoms with Gasteiger partial charge in [0.2, 0.25) is 5.91 Å². The maximum atomic E-state index is 13.7. The largest absolute Gasteiger partial charge is 0.353 e. The first kappa shape index (κ1) is 17.8. The molecule has 1 amide bonds. The quantitative estimate of drug-likeness (QED) is 0.891. The highest BCUT2D eigenvalue weighted by atomic mass is 19.1. The SMILES string of the molecule is Cc1ncnc(N2CC3CC(C2)N3CC(=O)Nc2ccc(F)cc2F)c1C. The Hall–Kier alpha value is -2.61. The molecule has 4 heterocycles. The summed E-state index contributed by atoms with van der Waals surface area (Å²) in [5.41, 5.74) is 2.05. The molecule has 0 spiro atoms. The van der Waals surface area contributed by atoms with E-state index in [0.717, 1.165) is 48.7 Å². The number of hydrogen-bond acceptors (Lipinski definition) is 5. The van der Waals surface area contributed by atoms with Crippen LogP contribution in [0.3, 0.4) is 0 Å². The summed E-state index contributed by atoms with van der Waals surface area (Å²) in [5.74, 6) is -0.779. The van der Waals surface area contributed by atoms with Gasteiger partial charge in [-0.1, -0.05) is 0 Å². The molecule has 3 aliphatic heterocycles. The molecule has 2 bridgehead atoms. The van der Waals surface area contributed by atoms with Gasteiger partial charge < -0.3 is 10.2 Å². The predicted octanol–water partition coefficient (Wildman–Crippen LogP) is 2.27. The smallest absolute Gasteiger partial charge is 0.238 e. The molecule has 5 rings (SSSR count).